The van der Waals surface area contributed by atoms with Crippen molar-refractivity contribution in [1.82, 2.24) is 0 Å². The number of benzene rings is 1. The van der Waals surface area contributed by atoms with Crippen LogP contribution in [-0.2, 0) is 0 Å². The molecule has 0 aromatic heterocycles. The maximum atomic E-state index is 14.0. The molecule has 2 aliphatic carbocycles. The molecule has 0 amide bonds. The highest BCUT2D eigenvalue weighted by Crippen LogP contribution is 2.45. The zero-order chi connectivity index (χ0) is 14.1. The zero-order valence-corrected chi connectivity index (χ0v) is 12.4. The molecular formula is C18H26FN. The Kier molecular flexibility index (Phi) is 4.11. The number of halogens is 1. The largest absolute Gasteiger partial charge is 0.324 e. The van der Waals surface area contributed by atoms with Crippen molar-refractivity contribution in [2.75, 3.05) is 0 Å². The van der Waals surface area contributed by atoms with Crippen molar-refractivity contribution >= 4 is 0 Å². The first-order valence-corrected chi connectivity index (χ1v) is 8.17. The lowest BCUT2D eigenvalue weighted by molar-refractivity contribution is 0.116. The molecule has 3 rings (SSSR count). The van der Waals surface area contributed by atoms with Crippen molar-refractivity contribution in [2.45, 2.75) is 57.9 Å². The molecule has 1 nitrogen and oxygen atoms in total. The minimum Gasteiger partial charge on any atom is -0.324 e. The normalized spacial score (nSPS) is 31.6. The van der Waals surface area contributed by atoms with Gasteiger partial charge in [0.05, 0.1) is 0 Å². The molecule has 2 fully saturated rings. The standard InChI is InChI=1S/C18H26FN/c1-12-6-9-17(19)16(10-12)18(20)15-8-7-13-4-2-3-5-14(13)11-15/h6,9-10,13-15,18H,2-5,7-8,11,20H2,1H3. The van der Waals surface area contributed by atoms with Gasteiger partial charge in [0, 0.05) is 11.6 Å². The van der Waals surface area contributed by atoms with E-state index in [1.54, 1.807) is 6.07 Å². The first-order chi connectivity index (χ1) is 9.65. The van der Waals surface area contributed by atoms with Crippen LogP contribution in [0.3, 0.4) is 0 Å². The van der Waals surface area contributed by atoms with Crippen LogP contribution in [0.15, 0.2) is 18.2 Å². The molecule has 2 aliphatic rings. The van der Waals surface area contributed by atoms with E-state index >= 15 is 0 Å². The van der Waals surface area contributed by atoms with Crippen molar-refractivity contribution in [3.05, 3.63) is 35.1 Å². The van der Waals surface area contributed by atoms with Gasteiger partial charge in [-0.2, -0.15) is 0 Å². The summed E-state index contributed by atoms with van der Waals surface area (Å²) in [5.41, 5.74) is 8.25. The van der Waals surface area contributed by atoms with Crippen LogP contribution in [0.1, 0.15) is 62.1 Å². The molecule has 0 spiro atoms. The van der Waals surface area contributed by atoms with Crippen LogP contribution in [0.4, 0.5) is 4.39 Å². The van der Waals surface area contributed by atoms with E-state index in [0.29, 0.717) is 5.92 Å². The summed E-state index contributed by atoms with van der Waals surface area (Å²) in [6, 6.07) is 5.20. The predicted octanol–water partition coefficient (Wildman–Crippen LogP) is 4.74. The summed E-state index contributed by atoms with van der Waals surface area (Å²) in [5, 5.41) is 0. The summed E-state index contributed by atoms with van der Waals surface area (Å²) >= 11 is 0. The Labute approximate surface area is 121 Å². The van der Waals surface area contributed by atoms with Crippen molar-refractivity contribution in [3.8, 4) is 0 Å². The summed E-state index contributed by atoms with van der Waals surface area (Å²) in [7, 11) is 0. The highest BCUT2D eigenvalue weighted by Gasteiger charge is 2.35. The third-order valence-electron chi connectivity index (χ3n) is 5.60. The van der Waals surface area contributed by atoms with Gasteiger partial charge in [0.1, 0.15) is 5.82 Å². The Balaban J connectivity index is 1.74. The molecule has 0 radical (unpaired) electrons. The van der Waals surface area contributed by atoms with E-state index in [0.717, 1.165) is 23.0 Å². The second kappa shape index (κ2) is 5.85. The van der Waals surface area contributed by atoms with Gasteiger partial charge in [0.2, 0.25) is 0 Å². The molecule has 0 heterocycles. The van der Waals surface area contributed by atoms with Crippen LogP contribution in [0.5, 0.6) is 0 Å². The molecule has 4 atom stereocenters. The smallest absolute Gasteiger partial charge is 0.127 e. The Morgan fingerprint density at radius 1 is 1.10 bits per heavy atom. The van der Waals surface area contributed by atoms with E-state index in [9.17, 15) is 4.39 Å². The molecule has 2 heteroatoms. The quantitative estimate of drug-likeness (QED) is 0.829. The minimum atomic E-state index is -0.131. The SMILES string of the molecule is Cc1ccc(F)c(C(N)C2CCC3CCCCC3C2)c1. The molecule has 4 unspecified atom stereocenters. The number of hydrogen-bond donors (Lipinski definition) is 1. The Morgan fingerprint density at radius 2 is 1.85 bits per heavy atom. The van der Waals surface area contributed by atoms with Crippen LogP contribution in [-0.4, -0.2) is 0 Å². The van der Waals surface area contributed by atoms with E-state index in [2.05, 4.69) is 0 Å². The average Bonchev–Trinajstić information content (AvgIpc) is 2.48. The van der Waals surface area contributed by atoms with Gasteiger partial charge in [-0.1, -0.05) is 43.4 Å². The van der Waals surface area contributed by atoms with E-state index in [1.165, 1.54) is 44.9 Å². The van der Waals surface area contributed by atoms with Gasteiger partial charge < -0.3 is 5.73 Å². The minimum absolute atomic E-state index is 0.127. The lowest BCUT2D eigenvalue weighted by Crippen LogP contribution is -2.33. The van der Waals surface area contributed by atoms with Crippen LogP contribution in [0.2, 0.25) is 0 Å². The highest BCUT2D eigenvalue weighted by atomic mass is 19.1. The molecule has 20 heavy (non-hydrogen) atoms. The predicted molar refractivity (Wildman–Crippen MR) is 80.9 cm³/mol. The first-order valence-electron chi connectivity index (χ1n) is 8.17. The fourth-order valence-corrected chi connectivity index (χ4v) is 4.41. The van der Waals surface area contributed by atoms with Crippen LogP contribution in [0.25, 0.3) is 0 Å². The van der Waals surface area contributed by atoms with Crippen molar-refractivity contribution in [1.29, 1.82) is 0 Å². The maximum absolute atomic E-state index is 14.0. The zero-order valence-electron chi connectivity index (χ0n) is 12.4. The maximum Gasteiger partial charge on any atom is 0.127 e. The Morgan fingerprint density at radius 3 is 2.65 bits per heavy atom. The average molecular weight is 275 g/mol. The topological polar surface area (TPSA) is 26.0 Å². The van der Waals surface area contributed by atoms with Crippen LogP contribution >= 0.6 is 0 Å². The van der Waals surface area contributed by atoms with Gasteiger partial charge >= 0.3 is 0 Å². The van der Waals surface area contributed by atoms with E-state index in [-0.39, 0.29) is 11.9 Å². The van der Waals surface area contributed by atoms with E-state index < -0.39 is 0 Å². The monoisotopic (exact) mass is 275 g/mol. The highest BCUT2D eigenvalue weighted by molar-refractivity contribution is 5.27. The van der Waals surface area contributed by atoms with Gasteiger partial charge in [-0.05, 0) is 50.0 Å². The van der Waals surface area contributed by atoms with Crippen molar-refractivity contribution < 1.29 is 4.39 Å². The van der Waals surface area contributed by atoms with Crippen LogP contribution in [0, 0.1) is 30.5 Å². The van der Waals surface area contributed by atoms with Gasteiger partial charge in [-0.25, -0.2) is 4.39 Å². The van der Waals surface area contributed by atoms with Gasteiger partial charge in [-0.15, -0.1) is 0 Å². The number of fused-ring (bicyclic) bond motifs is 1. The molecular weight excluding hydrogens is 249 g/mol. The third kappa shape index (κ3) is 2.76. The summed E-state index contributed by atoms with van der Waals surface area (Å²) in [5.74, 6) is 2.11. The fraction of sp³-hybridized carbons (Fsp3) is 0.667. The molecule has 2 N–H and O–H groups in total. The molecule has 0 bridgehead atoms. The molecule has 0 aliphatic heterocycles. The number of hydrogen-bond acceptors (Lipinski definition) is 1. The second-order valence-electron chi connectivity index (χ2n) is 6.93. The van der Waals surface area contributed by atoms with Gasteiger partial charge in [-0.3, -0.25) is 0 Å². The number of aryl methyl sites for hydroxylation is 1. The second-order valence-corrected chi connectivity index (χ2v) is 6.93. The summed E-state index contributed by atoms with van der Waals surface area (Å²) in [6.45, 7) is 2.01. The lowest BCUT2D eigenvalue weighted by atomic mass is 9.65. The molecule has 1 aromatic rings. The molecule has 1 aromatic carbocycles. The molecule has 110 valence electrons. The number of nitrogens with two attached hydrogens (primary N) is 1. The fourth-order valence-electron chi connectivity index (χ4n) is 4.41. The van der Waals surface area contributed by atoms with Crippen molar-refractivity contribution in [3.63, 3.8) is 0 Å². The Hall–Kier alpha value is -0.890. The van der Waals surface area contributed by atoms with Gasteiger partial charge in [0.25, 0.3) is 0 Å². The summed E-state index contributed by atoms with van der Waals surface area (Å²) < 4.78 is 14.0. The third-order valence-corrected chi connectivity index (χ3v) is 5.60. The van der Waals surface area contributed by atoms with Crippen LogP contribution < -0.4 is 5.73 Å². The first kappa shape index (κ1) is 14.1. The summed E-state index contributed by atoms with van der Waals surface area (Å²) in [4.78, 5) is 0. The number of rotatable bonds is 2. The van der Waals surface area contributed by atoms with Crippen molar-refractivity contribution in [2.24, 2.45) is 23.5 Å². The Bertz CT molecular complexity index is 470. The van der Waals surface area contributed by atoms with E-state index in [1.807, 2.05) is 19.1 Å². The van der Waals surface area contributed by atoms with E-state index in [4.69, 9.17) is 5.73 Å². The van der Waals surface area contributed by atoms with Gasteiger partial charge in [0.15, 0.2) is 0 Å². The molecule has 0 saturated heterocycles. The molecule has 2 saturated carbocycles. The summed E-state index contributed by atoms with van der Waals surface area (Å²) in [6.07, 6.45) is 9.24. The lowest BCUT2D eigenvalue weighted by Gasteiger charge is -2.41.